The number of aliphatic imine (C=N–C) groups is 1. The minimum absolute atomic E-state index is 0. The van der Waals surface area contributed by atoms with E-state index in [4.69, 9.17) is 14.5 Å². The maximum Gasteiger partial charge on any atom is 0.265 e. The highest BCUT2D eigenvalue weighted by molar-refractivity contribution is 14.0. The Bertz CT molecular complexity index is 710. The number of hydrogen-bond donors (Lipinski definition) is 2. The molecule has 1 saturated heterocycles. The second-order valence-corrected chi connectivity index (χ2v) is 7.67. The zero-order valence-corrected chi connectivity index (χ0v) is 21.0. The third kappa shape index (κ3) is 7.80. The van der Waals surface area contributed by atoms with Crippen LogP contribution in [0.25, 0.3) is 0 Å². The van der Waals surface area contributed by atoms with Crippen LogP contribution in [0.3, 0.4) is 0 Å². The number of nitrogens with one attached hydrogen (secondary N) is 2. The molecule has 2 heterocycles. The van der Waals surface area contributed by atoms with Gasteiger partial charge in [0.1, 0.15) is 5.75 Å². The van der Waals surface area contributed by atoms with E-state index in [0.29, 0.717) is 19.1 Å². The van der Waals surface area contributed by atoms with E-state index < -0.39 is 0 Å². The van der Waals surface area contributed by atoms with E-state index in [2.05, 4.69) is 22.5 Å². The van der Waals surface area contributed by atoms with Crippen LogP contribution in [-0.4, -0.2) is 82.4 Å². The number of halogens is 1. The van der Waals surface area contributed by atoms with Gasteiger partial charge in [-0.2, -0.15) is 0 Å². The lowest BCUT2D eigenvalue weighted by Crippen LogP contribution is -2.49. The first-order chi connectivity index (χ1) is 14.7. The van der Waals surface area contributed by atoms with Crippen molar-refractivity contribution in [1.29, 1.82) is 0 Å². The van der Waals surface area contributed by atoms with Gasteiger partial charge in [-0.15, -0.1) is 24.0 Å². The van der Waals surface area contributed by atoms with E-state index in [1.165, 1.54) is 0 Å². The number of benzene rings is 1. The fourth-order valence-electron chi connectivity index (χ4n) is 3.85. The van der Waals surface area contributed by atoms with Gasteiger partial charge in [-0.05, 0) is 38.3 Å². The number of nitrogens with zero attached hydrogens (tertiary/aromatic N) is 3. The van der Waals surface area contributed by atoms with Crippen LogP contribution >= 0.6 is 24.0 Å². The second kappa shape index (κ2) is 13.7. The van der Waals surface area contributed by atoms with Crippen molar-refractivity contribution in [1.82, 2.24) is 15.5 Å². The number of ether oxygens (including phenoxy) is 2. The topological polar surface area (TPSA) is 78.4 Å². The monoisotopic (exact) mass is 545 g/mol. The third-order valence-corrected chi connectivity index (χ3v) is 5.50. The summed E-state index contributed by atoms with van der Waals surface area (Å²) in [5.41, 5.74) is 0.850. The number of guanidine groups is 1. The Morgan fingerprint density at radius 3 is 2.77 bits per heavy atom. The van der Waals surface area contributed by atoms with Gasteiger partial charge in [0.2, 0.25) is 0 Å². The summed E-state index contributed by atoms with van der Waals surface area (Å²) < 4.78 is 10.7. The van der Waals surface area contributed by atoms with Crippen LogP contribution < -0.4 is 20.3 Å². The quantitative estimate of drug-likeness (QED) is 0.214. The number of para-hydroxylation sites is 2. The number of rotatable bonds is 9. The molecule has 174 valence electrons. The molecule has 9 heteroatoms. The molecule has 0 bridgehead atoms. The zero-order chi connectivity index (χ0) is 21.2. The van der Waals surface area contributed by atoms with E-state index in [1.54, 1.807) is 7.11 Å². The van der Waals surface area contributed by atoms with Crippen molar-refractivity contribution in [2.75, 3.05) is 64.5 Å². The Morgan fingerprint density at radius 2 is 2.03 bits per heavy atom. The average molecular weight is 545 g/mol. The second-order valence-electron chi connectivity index (χ2n) is 7.67. The molecule has 2 N–H and O–H groups in total. The summed E-state index contributed by atoms with van der Waals surface area (Å²) in [6.45, 7) is 8.27. The highest BCUT2D eigenvalue weighted by Crippen LogP contribution is 2.31. The smallest absolute Gasteiger partial charge is 0.265 e. The zero-order valence-electron chi connectivity index (χ0n) is 18.6. The Kier molecular flexibility index (Phi) is 11.4. The highest BCUT2D eigenvalue weighted by Gasteiger charge is 2.24. The Balaban J connectivity index is 0.00000341. The minimum Gasteiger partial charge on any atom is -0.482 e. The van der Waals surface area contributed by atoms with Crippen LogP contribution in [0.5, 0.6) is 5.75 Å². The molecule has 1 fully saturated rings. The Hall–Kier alpha value is -1.59. The van der Waals surface area contributed by atoms with Crippen molar-refractivity contribution in [2.24, 2.45) is 4.99 Å². The molecule has 31 heavy (non-hydrogen) atoms. The van der Waals surface area contributed by atoms with E-state index in [-0.39, 0.29) is 36.5 Å². The lowest BCUT2D eigenvalue weighted by molar-refractivity contribution is -0.121. The first kappa shape index (κ1) is 25.7. The van der Waals surface area contributed by atoms with Gasteiger partial charge >= 0.3 is 0 Å². The van der Waals surface area contributed by atoms with Crippen LogP contribution in [0.1, 0.15) is 26.2 Å². The SMILES string of the molecule is CCNC(=NCCCN1C(=O)COc2ccccc21)NC1CCN(CCOC)CC1.I. The van der Waals surface area contributed by atoms with E-state index >= 15 is 0 Å². The molecule has 1 aromatic carbocycles. The number of piperidine rings is 1. The van der Waals surface area contributed by atoms with E-state index in [1.807, 2.05) is 29.2 Å². The van der Waals surface area contributed by atoms with Crippen molar-refractivity contribution < 1.29 is 14.3 Å². The number of carbonyl (C=O) groups is 1. The lowest BCUT2D eigenvalue weighted by atomic mass is 10.1. The fraction of sp³-hybridized carbons (Fsp3) is 0.636. The van der Waals surface area contributed by atoms with Gasteiger partial charge in [-0.1, -0.05) is 12.1 Å². The molecule has 2 aliphatic rings. The normalized spacial score (nSPS) is 17.5. The van der Waals surface area contributed by atoms with Crippen LogP contribution in [0.15, 0.2) is 29.3 Å². The molecule has 0 atom stereocenters. The fourth-order valence-corrected chi connectivity index (χ4v) is 3.85. The first-order valence-electron chi connectivity index (χ1n) is 11.0. The maximum absolute atomic E-state index is 12.3. The molecule has 0 saturated carbocycles. The van der Waals surface area contributed by atoms with Gasteiger partial charge < -0.3 is 29.9 Å². The molecule has 0 aliphatic carbocycles. The van der Waals surface area contributed by atoms with E-state index in [9.17, 15) is 4.79 Å². The number of anilines is 1. The average Bonchev–Trinajstić information content (AvgIpc) is 2.77. The standard InChI is InChI=1S/C22H35N5O3.HI/c1-3-23-22(25-18-9-13-26(14-10-18)15-16-29-2)24-11-6-12-27-19-7-4-5-8-20(19)30-17-21(27)28;/h4-5,7-8,18H,3,6,9-17H2,1-2H3,(H2,23,24,25);1H. The lowest BCUT2D eigenvalue weighted by Gasteiger charge is -2.33. The largest absolute Gasteiger partial charge is 0.482 e. The molecule has 1 aromatic rings. The Morgan fingerprint density at radius 1 is 1.26 bits per heavy atom. The van der Waals surface area contributed by atoms with Crippen LogP contribution in [0.2, 0.25) is 0 Å². The summed E-state index contributed by atoms with van der Waals surface area (Å²) in [6, 6.07) is 8.13. The molecule has 0 spiro atoms. The first-order valence-corrected chi connectivity index (χ1v) is 11.0. The summed E-state index contributed by atoms with van der Waals surface area (Å²) in [4.78, 5) is 21.3. The number of likely N-dealkylation sites (tertiary alicyclic amines) is 1. The Labute approximate surface area is 202 Å². The predicted molar refractivity (Wildman–Crippen MR) is 135 cm³/mol. The molecule has 8 nitrogen and oxygen atoms in total. The van der Waals surface area contributed by atoms with Crippen LogP contribution in [-0.2, 0) is 9.53 Å². The summed E-state index contributed by atoms with van der Waals surface area (Å²) in [7, 11) is 1.75. The van der Waals surface area contributed by atoms with Crippen molar-refractivity contribution in [3.63, 3.8) is 0 Å². The van der Waals surface area contributed by atoms with Gasteiger partial charge in [0.05, 0.1) is 12.3 Å². The van der Waals surface area contributed by atoms with Gasteiger partial charge in [0.15, 0.2) is 12.6 Å². The molecular formula is C22H36IN5O3. The van der Waals surface area contributed by atoms with Gasteiger partial charge in [-0.3, -0.25) is 9.79 Å². The molecular weight excluding hydrogens is 509 g/mol. The molecule has 1 amide bonds. The van der Waals surface area contributed by atoms with Gasteiger partial charge in [0, 0.05) is 52.4 Å². The number of amides is 1. The predicted octanol–water partition coefficient (Wildman–Crippen LogP) is 2.09. The van der Waals surface area contributed by atoms with Crippen molar-refractivity contribution >= 4 is 41.5 Å². The highest BCUT2D eigenvalue weighted by atomic mass is 127. The van der Waals surface area contributed by atoms with Crippen LogP contribution in [0, 0.1) is 0 Å². The summed E-state index contributed by atoms with van der Waals surface area (Å²) in [6.07, 6.45) is 3.01. The van der Waals surface area contributed by atoms with Gasteiger partial charge in [0.25, 0.3) is 5.91 Å². The summed E-state index contributed by atoms with van der Waals surface area (Å²) >= 11 is 0. The molecule has 2 aliphatic heterocycles. The van der Waals surface area contributed by atoms with E-state index in [0.717, 1.165) is 69.4 Å². The molecule has 0 radical (unpaired) electrons. The van der Waals surface area contributed by atoms with Crippen molar-refractivity contribution in [3.05, 3.63) is 24.3 Å². The number of methoxy groups -OCH3 is 1. The number of fused-ring (bicyclic) bond motifs is 1. The molecule has 3 rings (SSSR count). The number of carbonyl (C=O) groups excluding carboxylic acids is 1. The number of hydrogen-bond acceptors (Lipinski definition) is 5. The third-order valence-electron chi connectivity index (χ3n) is 5.50. The molecule has 0 aromatic heterocycles. The summed E-state index contributed by atoms with van der Waals surface area (Å²) in [5.74, 6) is 1.64. The van der Waals surface area contributed by atoms with Crippen LogP contribution in [0.4, 0.5) is 5.69 Å². The van der Waals surface area contributed by atoms with Crippen molar-refractivity contribution in [2.45, 2.75) is 32.2 Å². The van der Waals surface area contributed by atoms with Crippen molar-refractivity contribution in [3.8, 4) is 5.75 Å². The maximum atomic E-state index is 12.3. The molecule has 0 unspecified atom stereocenters. The summed E-state index contributed by atoms with van der Waals surface area (Å²) in [5, 5.41) is 6.92. The van der Waals surface area contributed by atoms with Gasteiger partial charge in [-0.25, -0.2) is 0 Å². The minimum atomic E-state index is 0.